The fourth-order valence-electron chi connectivity index (χ4n) is 15.7. The van der Waals surface area contributed by atoms with Crippen LogP contribution in [0.25, 0.3) is 0 Å². The number of aliphatic hydroxyl groups excluding tert-OH is 1. The Labute approximate surface area is 331 Å². The average Bonchev–Trinajstić information content (AvgIpc) is 3.67. The van der Waals surface area contributed by atoms with Gasteiger partial charge >= 0.3 is 11.9 Å². The van der Waals surface area contributed by atoms with Crippen LogP contribution in [0.1, 0.15) is 166 Å². The Hall–Kier alpha value is -1.62. The van der Waals surface area contributed by atoms with Crippen molar-refractivity contribution in [2.45, 2.75) is 172 Å². The lowest BCUT2D eigenvalue weighted by atomic mass is 9.48. The van der Waals surface area contributed by atoms with E-state index < -0.39 is 0 Å². The molecule has 0 aliphatic heterocycles. The normalized spacial score (nSPS) is 46.9. The first-order valence-corrected chi connectivity index (χ1v) is 21.9. The minimum atomic E-state index is -0.0872. The summed E-state index contributed by atoms with van der Waals surface area (Å²) in [5.74, 6) is 6.34. The van der Waals surface area contributed by atoms with E-state index in [4.69, 9.17) is 9.47 Å². The zero-order chi connectivity index (χ0) is 37.4. The minimum absolute atomic E-state index is 0. The van der Waals surface area contributed by atoms with Crippen molar-refractivity contribution in [2.24, 2.45) is 86.8 Å². The molecule has 1 N–H and O–H groups in total. The van der Waals surface area contributed by atoms with Crippen LogP contribution in [-0.4, -0.2) is 37.4 Å². The fraction of sp³-hybridized carbons (Fsp3) is 0.878. The molecule has 0 bridgehead atoms. The van der Waals surface area contributed by atoms with Crippen LogP contribution in [0.2, 0.25) is 0 Å². The summed E-state index contributed by atoms with van der Waals surface area (Å²) in [6, 6.07) is 0. The number of esters is 2. The largest absolute Gasteiger partial charge is 0.469 e. The molecule has 5 heteroatoms. The number of carbonyl (C=O) groups is 2. The van der Waals surface area contributed by atoms with Crippen molar-refractivity contribution in [3.05, 3.63) is 23.3 Å². The van der Waals surface area contributed by atoms with Crippen molar-refractivity contribution in [3.63, 3.8) is 0 Å². The summed E-state index contributed by atoms with van der Waals surface area (Å²) in [5, 5.41) is 10.2. The van der Waals surface area contributed by atoms with Crippen LogP contribution in [0.15, 0.2) is 23.3 Å². The third kappa shape index (κ3) is 6.80. The van der Waals surface area contributed by atoms with Gasteiger partial charge in [0.15, 0.2) is 0 Å². The van der Waals surface area contributed by atoms with Crippen molar-refractivity contribution in [2.75, 3.05) is 14.2 Å². The fourth-order valence-corrected chi connectivity index (χ4v) is 15.7. The Kier molecular flexibility index (Phi) is 12.9. The van der Waals surface area contributed by atoms with Gasteiger partial charge in [0.2, 0.25) is 0 Å². The molecule has 5 nitrogen and oxygen atoms in total. The van der Waals surface area contributed by atoms with Gasteiger partial charge < -0.3 is 14.6 Å². The van der Waals surface area contributed by atoms with Gasteiger partial charge in [-0.25, -0.2) is 0 Å². The van der Waals surface area contributed by atoms with E-state index in [1.54, 1.807) is 12.7 Å². The van der Waals surface area contributed by atoms with Gasteiger partial charge in [0, 0.05) is 0 Å². The molecule has 8 aliphatic carbocycles. The van der Waals surface area contributed by atoms with E-state index >= 15 is 0 Å². The number of fused-ring (bicyclic) bond motifs is 10. The monoisotopic (exact) mass is 751 g/mol. The van der Waals surface area contributed by atoms with Gasteiger partial charge in [0.25, 0.3) is 0 Å². The van der Waals surface area contributed by atoms with Crippen molar-refractivity contribution in [1.82, 2.24) is 0 Å². The number of hydrogen-bond donors (Lipinski definition) is 1. The Balaban J connectivity index is 0.000000200. The zero-order valence-corrected chi connectivity index (χ0v) is 34.5. The molecule has 0 aromatic heterocycles. The van der Waals surface area contributed by atoms with Crippen LogP contribution in [0, 0.1) is 86.8 Å². The van der Waals surface area contributed by atoms with E-state index in [9.17, 15) is 14.7 Å². The van der Waals surface area contributed by atoms with Crippen LogP contribution < -0.4 is 0 Å². The highest BCUT2D eigenvalue weighted by molar-refractivity contribution is 5.73. The number of rotatable bonds is 4. The number of allylic oxidation sites excluding steroid dienone is 4. The smallest absolute Gasteiger partial charge is 0.308 e. The molecule has 54 heavy (non-hydrogen) atoms. The molecule has 6 saturated carbocycles. The topological polar surface area (TPSA) is 72.8 Å². The summed E-state index contributed by atoms with van der Waals surface area (Å²) in [4.78, 5) is 24.4. The number of aliphatic hydroxyl groups is 1. The van der Waals surface area contributed by atoms with Crippen LogP contribution in [0.3, 0.4) is 0 Å². The molecule has 8 aliphatic rings. The number of carbonyl (C=O) groups excluding carboxylic acids is 2. The predicted molar refractivity (Wildman–Crippen MR) is 221 cm³/mol. The third-order valence-electron chi connectivity index (χ3n) is 18.8. The van der Waals surface area contributed by atoms with Crippen LogP contribution >= 0.6 is 0 Å². The summed E-state index contributed by atoms with van der Waals surface area (Å²) >= 11 is 0. The Bertz CT molecular complexity index is 1320. The van der Waals surface area contributed by atoms with Crippen LogP contribution in [0.5, 0.6) is 0 Å². The zero-order valence-electron chi connectivity index (χ0n) is 34.5. The van der Waals surface area contributed by atoms with E-state index in [1.165, 1.54) is 77.7 Å². The maximum Gasteiger partial charge on any atom is 0.308 e. The Morgan fingerprint density at radius 3 is 1.52 bits per heavy atom. The van der Waals surface area contributed by atoms with E-state index in [0.29, 0.717) is 40.4 Å². The van der Waals surface area contributed by atoms with Gasteiger partial charge in [-0.1, -0.05) is 86.6 Å². The molecule has 0 radical (unpaired) electrons. The molecule has 0 aromatic carbocycles. The molecule has 308 valence electrons. The second-order valence-electron chi connectivity index (χ2n) is 20.8. The molecular weight excluding hydrogens is 669 g/mol. The number of ether oxygens (including phenoxy) is 2. The van der Waals surface area contributed by atoms with Gasteiger partial charge in [-0.05, 0) is 178 Å². The highest BCUT2D eigenvalue weighted by Crippen LogP contribution is 2.68. The Morgan fingerprint density at radius 1 is 0.648 bits per heavy atom. The highest BCUT2D eigenvalue weighted by Gasteiger charge is 2.60. The lowest BCUT2D eigenvalue weighted by Crippen LogP contribution is -2.49. The minimum Gasteiger partial charge on any atom is -0.469 e. The van der Waals surface area contributed by atoms with E-state index in [2.05, 4.69) is 60.6 Å². The summed E-state index contributed by atoms with van der Waals surface area (Å²) in [6.07, 6.45) is 25.0. The first-order chi connectivity index (χ1) is 24.6. The summed E-state index contributed by atoms with van der Waals surface area (Å²) < 4.78 is 10.2. The predicted octanol–water partition coefficient (Wildman–Crippen LogP) is 12.0. The number of methoxy groups -OCH3 is 2. The van der Waals surface area contributed by atoms with Crippen LogP contribution in [-0.2, 0) is 19.1 Å². The van der Waals surface area contributed by atoms with Crippen molar-refractivity contribution < 1.29 is 24.2 Å². The van der Waals surface area contributed by atoms with Crippen LogP contribution in [0.4, 0.5) is 0 Å². The summed E-state index contributed by atoms with van der Waals surface area (Å²) in [5.41, 5.74) is 4.83. The van der Waals surface area contributed by atoms with Gasteiger partial charge in [-0.15, -0.1) is 0 Å². The van der Waals surface area contributed by atoms with E-state index in [1.807, 2.05) is 5.57 Å². The molecule has 16 atom stereocenters. The molecule has 0 amide bonds. The maximum absolute atomic E-state index is 12.2. The van der Waals surface area contributed by atoms with Crippen molar-refractivity contribution in [3.8, 4) is 0 Å². The summed E-state index contributed by atoms with van der Waals surface area (Å²) in [7, 11) is 3.06. The molecule has 4 unspecified atom stereocenters. The average molecular weight is 751 g/mol. The van der Waals surface area contributed by atoms with Gasteiger partial charge in [0.1, 0.15) is 0 Å². The molecule has 8 rings (SSSR count). The molecule has 0 saturated heterocycles. The van der Waals surface area contributed by atoms with E-state index in [0.717, 1.165) is 55.8 Å². The second kappa shape index (κ2) is 16.0. The first-order valence-electron chi connectivity index (χ1n) is 21.9. The summed E-state index contributed by atoms with van der Waals surface area (Å²) in [6.45, 7) is 16.6. The molecule has 0 spiro atoms. The van der Waals surface area contributed by atoms with Gasteiger partial charge in [-0.2, -0.15) is 0 Å². The second-order valence-corrected chi connectivity index (χ2v) is 20.8. The maximum atomic E-state index is 12.2. The van der Waals surface area contributed by atoms with Gasteiger partial charge in [0.05, 0.1) is 32.2 Å². The molecule has 0 aromatic rings. The first kappa shape index (κ1) is 43.5. The lowest BCUT2D eigenvalue weighted by Gasteiger charge is -2.57. The Morgan fingerprint density at radius 2 is 1.07 bits per heavy atom. The third-order valence-corrected chi connectivity index (χ3v) is 18.8. The number of hydrogen-bond acceptors (Lipinski definition) is 5. The lowest BCUT2D eigenvalue weighted by molar-refractivity contribution is -0.149. The highest BCUT2D eigenvalue weighted by atomic mass is 16.5. The molecule has 0 heterocycles. The quantitative estimate of drug-likeness (QED) is 0.229. The van der Waals surface area contributed by atoms with Crippen molar-refractivity contribution >= 4 is 11.9 Å². The van der Waals surface area contributed by atoms with Crippen molar-refractivity contribution in [1.29, 1.82) is 0 Å². The molecular formula is C49H82O5. The van der Waals surface area contributed by atoms with Gasteiger partial charge in [-0.3, -0.25) is 9.59 Å². The SMILES string of the molecule is C.C.COC(=O)[C@@H](C)[C@H]1CCC2C3CC[C@@H]4C[C@H](C)CC[C@]4(C)C3=CC[C@@]21C.COC(=O)[C@@H](C)[C@H]1CCC2C3CC[C@@H]4C[C@H](O)CC[C@]4(C)C3=CC[C@@]21C. The van der Waals surface area contributed by atoms with E-state index in [-0.39, 0.29) is 55.6 Å². The molecule has 6 fully saturated rings. The standard InChI is InChI=1S/C24H38O2.C23H36O3.2CH4/c1-15-10-12-23(3)17(14-15)6-7-18-20-9-8-19(16(2)22(25)26-5)24(20,4)13-11-21(18)23;1-14(21(25)26-4)18-7-8-19-17-6-5-15-13-16(24)9-11-22(15,2)20(17)10-12-23(18,19)3;;/h11,15-20H,6-10,12-14H2,1-5H3;10,14-19,24H,5-9,11-13H2,1-4H3;2*1H4/t15-,16+,17-,18?,19-,20?,23+,24-;14-,15+,16+,17?,18+,19?,22-,23+;;/m10../s1.